The molecule has 1 atom stereocenters. The molecule has 0 saturated heterocycles. The summed E-state index contributed by atoms with van der Waals surface area (Å²) in [7, 11) is -3.82. The third kappa shape index (κ3) is 3.77. The van der Waals surface area contributed by atoms with Gasteiger partial charge in [-0.3, -0.25) is 9.05 Å². The van der Waals surface area contributed by atoms with Gasteiger partial charge in [0, 0.05) is 17.5 Å². The van der Waals surface area contributed by atoms with Crippen LogP contribution in [0.2, 0.25) is 0 Å². The zero-order valence-corrected chi connectivity index (χ0v) is 13.1. The lowest BCUT2D eigenvalue weighted by Crippen LogP contribution is -2.03. The Bertz CT molecular complexity index is 817. The SMILES string of the molecule is C#CCOP(=O)(OCC)Oc1ccc2c(C)cc(=O)oc2c1. The molecule has 0 spiro atoms. The largest absolute Gasteiger partial charge is 0.530 e. The first-order valence-electron chi connectivity index (χ1n) is 6.54. The van der Waals surface area contributed by atoms with Crippen molar-refractivity contribution in [1.82, 2.24) is 0 Å². The van der Waals surface area contributed by atoms with Crippen LogP contribution in [-0.2, 0) is 13.6 Å². The molecule has 0 aliphatic carbocycles. The van der Waals surface area contributed by atoms with Crippen molar-refractivity contribution in [3.8, 4) is 18.1 Å². The predicted octanol–water partition coefficient (Wildman–Crippen LogP) is 3.27. The van der Waals surface area contributed by atoms with Crippen LogP contribution in [0.15, 0.2) is 33.5 Å². The Labute approximate surface area is 127 Å². The predicted molar refractivity (Wildman–Crippen MR) is 81.9 cm³/mol. The van der Waals surface area contributed by atoms with Gasteiger partial charge in [0.1, 0.15) is 17.9 Å². The number of fused-ring (bicyclic) bond motifs is 1. The average Bonchev–Trinajstić information content (AvgIpc) is 2.45. The third-order valence-corrected chi connectivity index (χ3v) is 4.19. The maximum Gasteiger partial charge on any atom is 0.530 e. The van der Waals surface area contributed by atoms with Crippen molar-refractivity contribution in [2.75, 3.05) is 13.2 Å². The number of hydrogen-bond donors (Lipinski definition) is 0. The highest BCUT2D eigenvalue weighted by Crippen LogP contribution is 2.49. The van der Waals surface area contributed by atoms with Gasteiger partial charge in [-0.25, -0.2) is 9.36 Å². The lowest BCUT2D eigenvalue weighted by atomic mass is 10.1. The molecule has 1 aromatic carbocycles. The van der Waals surface area contributed by atoms with Gasteiger partial charge in [0.15, 0.2) is 0 Å². The smallest absolute Gasteiger partial charge is 0.423 e. The molecule has 116 valence electrons. The Hall–Kier alpha value is -2.06. The fraction of sp³-hybridized carbons (Fsp3) is 0.267. The van der Waals surface area contributed by atoms with E-state index >= 15 is 0 Å². The summed E-state index contributed by atoms with van der Waals surface area (Å²) in [6.07, 6.45) is 5.08. The molecule has 1 unspecified atom stereocenters. The first-order valence-corrected chi connectivity index (χ1v) is 8.00. The van der Waals surface area contributed by atoms with E-state index in [2.05, 4.69) is 5.92 Å². The van der Waals surface area contributed by atoms with Crippen LogP contribution in [-0.4, -0.2) is 13.2 Å². The van der Waals surface area contributed by atoms with Crippen LogP contribution in [0.25, 0.3) is 11.0 Å². The Morgan fingerprint density at radius 2 is 2.09 bits per heavy atom. The molecule has 7 heteroatoms. The van der Waals surface area contributed by atoms with Gasteiger partial charge < -0.3 is 8.94 Å². The minimum absolute atomic E-state index is 0.129. The highest BCUT2D eigenvalue weighted by molar-refractivity contribution is 7.48. The summed E-state index contributed by atoms with van der Waals surface area (Å²) >= 11 is 0. The molecule has 0 fully saturated rings. The van der Waals surface area contributed by atoms with Gasteiger partial charge in [-0.1, -0.05) is 5.92 Å². The van der Waals surface area contributed by atoms with Gasteiger partial charge in [0.05, 0.1) is 6.61 Å². The number of aryl methyl sites for hydroxylation is 1. The van der Waals surface area contributed by atoms with Crippen LogP contribution in [0, 0.1) is 19.3 Å². The van der Waals surface area contributed by atoms with E-state index in [0.717, 1.165) is 10.9 Å². The molecule has 0 N–H and O–H groups in total. The summed E-state index contributed by atoms with van der Waals surface area (Å²) in [5.41, 5.74) is 0.621. The van der Waals surface area contributed by atoms with E-state index in [0.29, 0.717) is 5.58 Å². The topological polar surface area (TPSA) is 75.0 Å². The second kappa shape index (κ2) is 6.80. The van der Waals surface area contributed by atoms with E-state index in [1.54, 1.807) is 26.0 Å². The van der Waals surface area contributed by atoms with E-state index in [1.807, 2.05) is 0 Å². The lowest BCUT2D eigenvalue weighted by molar-refractivity contribution is 0.176. The van der Waals surface area contributed by atoms with E-state index in [1.165, 1.54) is 12.1 Å². The normalized spacial score (nSPS) is 13.5. The molecule has 0 aliphatic rings. The summed E-state index contributed by atoms with van der Waals surface area (Å²) in [6, 6.07) is 6.12. The van der Waals surface area contributed by atoms with Crippen molar-refractivity contribution >= 4 is 18.8 Å². The highest BCUT2D eigenvalue weighted by atomic mass is 31.2. The molecule has 22 heavy (non-hydrogen) atoms. The summed E-state index contributed by atoms with van der Waals surface area (Å²) < 4.78 is 32.7. The molecule has 0 radical (unpaired) electrons. The zero-order chi connectivity index (χ0) is 16.2. The number of hydrogen-bond acceptors (Lipinski definition) is 6. The minimum Gasteiger partial charge on any atom is -0.423 e. The molecule has 2 aromatic rings. The Balaban J connectivity index is 2.36. The van der Waals surface area contributed by atoms with Crippen molar-refractivity contribution in [3.63, 3.8) is 0 Å². The molecule has 2 rings (SSSR count). The van der Waals surface area contributed by atoms with Gasteiger partial charge in [-0.05, 0) is 31.5 Å². The van der Waals surface area contributed by atoms with Gasteiger partial charge >= 0.3 is 13.4 Å². The van der Waals surface area contributed by atoms with Gasteiger partial charge in [0.25, 0.3) is 0 Å². The average molecular weight is 322 g/mol. The van der Waals surface area contributed by atoms with Crippen LogP contribution in [0.3, 0.4) is 0 Å². The molecular formula is C15H15O6P. The van der Waals surface area contributed by atoms with Crippen LogP contribution >= 0.6 is 7.82 Å². The van der Waals surface area contributed by atoms with Crippen LogP contribution in [0.4, 0.5) is 0 Å². The number of benzene rings is 1. The Morgan fingerprint density at radius 3 is 2.77 bits per heavy atom. The van der Waals surface area contributed by atoms with E-state index in [-0.39, 0.29) is 19.0 Å². The maximum absolute atomic E-state index is 12.4. The van der Waals surface area contributed by atoms with E-state index in [4.69, 9.17) is 24.4 Å². The molecular weight excluding hydrogens is 307 g/mol. The van der Waals surface area contributed by atoms with Gasteiger partial charge in [-0.2, -0.15) is 0 Å². The number of rotatable bonds is 6. The monoisotopic (exact) mass is 322 g/mol. The molecule has 1 heterocycles. The first-order chi connectivity index (χ1) is 10.5. The molecule has 0 aliphatic heterocycles. The summed E-state index contributed by atoms with van der Waals surface area (Å²) in [6.45, 7) is 3.36. The van der Waals surface area contributed by atoms with Crippen LogP contribution in [0.1, 0.15) is 12.5 Å². The third-order valence-electron chi connectivity index (χ3n) is 2.73. The molecule has 1 aromatic heterocycles. The first kappa shape index (κ1) is 16.3. The molecule has 6 nitrogen and oxygen atoms in total. The lowest BCUT2D eigenvalue weighted by Gasteiger charge is -2.16. The highest BCUT2D eigenvalue weighted by Gasteiger charge is 2.28. The quantitative estimate of drug-likeness (QED) is 0.461. The zero-order valence-electron chi connectivity index (χ0n) is 12.2. The summed E-state index contributed by atoms with van der Waals surface area (Å²) in [4.78, 5) is 11.4. The van der Waals surface area contributed by atoms with Crippen LogP contribution < -0.4 is 10.1 Å². The fourth-order valence-corrected chi connectivity index (χ4v) is 2.96. The van der Waals surface area contributed by atoms with Crippen LogP contribution in [0.5, 0.6) is 5.75 Å². The Morgan fingerprint density at radius 1 is 1.32 bits per heavy atom. The molecule has 0 amide bonds. The van der Waals surface area contributed by atoms with Crippen molar-refractivity contribution in [2.24, 2.45) is 0 Å². The number of phosphoric ester groups is 1. The van der Waals surface area contributed by atoms with E-state index in [9.17, 15) is 9.36 Å². The van der Waals surface area contributed by atoms with Crippen molar-refractivity contribution < 1.29 is 22.6 Å². The van der Waals surface area contributed by atoms with Crippen molar-refractivity contribution in [1.29, 1.82) is 0 Å². The number of phosphoric acid groups is 1. The standard InChI is InChI=1S/C15H15O6P/c1-4-8-19-22(17,18-5-2)21-12-6-7-13-11(3)9-15(16)20-14(13)10-12/h1,6-7,9-10H,5,8H2,2-3H3. The van der Waals surface area contributed by atoms with Crippen molar-refractivity contribution in [2.45, 2.75) is 13.8 Å². The fourth-order valence-electron chi connectivity index (χ4n) is 1.86. The summed E-state index contributed by atoms with van der Waals surface area (Å²) in [5, 5.41) is 0.753. The Kier molecular flexibility index (Phi) is 5.04. The minimum atomic E-state index is -3.82. The van der Waals surface area contributed by atoms with Crippen molar-refractivity contribution in [3.05, 3.63) is 40.2 Å². The maximum atomic E-state index is 12.4. The molecule has 0 bridgehead atoms. The van der Waals surface area contributed by atoms with E-state index < -0.39 is 13.4 Å². The van der Waals surface area contributed by atoms with Gasteiger partial charge in [0.2, 0.25) is 0 Å². The summed E-state index contributed by atoms with van der Waals surface area (Å²) in [5.74, 6) is 2.39. The second-order valence-electron chi connectivity index (χ2n) is 4.34. The van der Waals surface area contributed by atoms with Gasteiger partial charge in [-0.15, -0.1) is 6.42 Å². The molecule has 0 saturated carbocycles. The number of terminal acetylenes is 1. The second-order valence-corrected chi connectivity index (χ2v) is 5.93.